The summed E-state index contributed by atoms with van der Waals surface area (Å²) in [6.45, 7) is 5.76. The van der Waals surface area contributed by atoms with Crippen molar-refractivity contribution in [2.24, 2.45) is 5.73 Å². The number of ether oxygens (including phenoxy) is 2. The highest BCUT2D eigenvalue weighted by atomic mass is 32.1. The van der Waals surface area contributed by atoms with Crippen LogP contribution in [0.15, 0.2) is 30.5 Å². The molecule has 2 unspecified atom stereocenters. The van der Waals surface area contributed by atoms with E-state index in [0.717, 1.165) is 11.3 Å². The lowest BCUT2D eigenvalue weighted by Gasteiger charge is -2.35. The van der Waals surface area contributed by atoms with E-state index in [1.807, 2.05) is 11.9 Å². The Hall–Kier alpha value is -4.09. The molecular weight excluding hydrogens is 614 g/mol. The number of amides is 2. The van der Waals surface area contributed by atoms with Crippen LogP contribution in [0.5, 0.6) is 5.75 Å². The second-order valence-corrected chi connectivity index (χ2v) is 12.7. The van der Waals surface area contributed by atoms with Crippen LogP contribution >= 0.6 is 11.3 Å². The second-order valence-electron chi connectivity index (χ2n) is 11.7. The average Bonchev–Trinajstić information content (AvgIpc) is 3.28. The number of fused-ring (bicyclic) bond motifs is 1. The minimum atomic E-state index is -4.50. The number of piperidine rings is 1. The van der Waals surface area contributed by atoms with Crippen LogP contribution in [0.1, 0.15) is 48.1 Å². The predicted octanol–water partition coefficient (Wildman–Crippen LogP) is 5.76. The molecule has 3 aromatic rings. The number of carbonyl (C=O) groups excluding carboxylic acids is 2. The molecule has 4 rings (SSSR count). The van der Waals surface area contributed by atoms with Crippen molar-refractivity contribution in [2.45, 2.75) is 57.5 Å². The van der Waals surface area contributed by atoms with Crippen molar-refractivity contribution in [1.29, 1.82) is 0 Å². The number of likely N-dealkylation sites (tertiary alicyclic amines) is 1. The first-order valence-corrected chi connectivity index (χ1v) is 14.9. The number of carbonyl (C=O) groups is 2. The monoisotopic (exact) mass is 649 g/mol. The minimum Gasteiger partial charge on any atom is -0.494 e. The molecule has 2 aromatic heterocycles. The van der Waals surface area contributed by atoms with E-state index in [4.69, 9.17) is 15.2 Å². The maximum atomic E-state index is 14.7. The lowest BCUT2D eigenvalue weighted by Crippen LogP contribution is -2.46. The van der Waals surface area contributed by atoms with Crippen LogP contribution in [0, 0.1) is 11.8 Å². The van der Waals surface area contributed by atoms with Gasteiger partial charge in [-0.05, 0) is 51.3 Å². The third-order valence-electron chi connectivity index (χ3n) is 7.16. The molecule has 45 heavy (non-hydrogen) atoms. The summed E-state index contributed by atoms with van der Waals surface area (Å²) in [7, 11) is 3.20. The molecule has 0 aliphatic carbocycles. The van der Waals surface area contributed by atoms with E-state index in [1.165, 1.54) is 24.3 Å². The van der Waals surface area contributed by atoms with E-state index in [2.05, 4.69) is 22.1 Å². The highest BCUT2D eigenvalue weighted by Crippen LogP contribution is 2.40. The number of pyridine rings is 1. The molecule has 2 atom stereocenters. The maximum absolute atomic E-state index is 14.7. The predicted molar refractivity (Wildman–Crippen MR) is 166 cm³/mol. The van der Waals surface area contributed by atoms with Crippen molar-refractivity contribution in [3.8, 4) is 17.6 Å². The lowest BCUT2D eigenvalue weighted by molar-refractivity contribution is -0.126. The highest BCUT2D eigenvalue weighted by Gasteiger charge is 2.34. The van der Waals surface area contributed by atoms with Gasteiger partial charge in [-0.2, -0.15) is 13.2 Å². The third-order valence-corrected chi connectivity index (χ3v) is 8.36. The van der Waals surface area contributed by atoms with Crippen LogP contribution in [0.4, 0.5) is 33.7 Å². The Morgan fingerprint density at radius 2 is 2.00 bits per heavy atom. The first kappa shape index (κ1) is 33.8. The summed E-state index contributed by atoms with van der Waals surface area (Å²) in [4.78, 5) is 32.1. The molecule has 1 aliphatic rings. The molecule has 242 valence electrons. The van der Waals surface area contributed by atoms with E-state index < -0.39 is 49.0 Å². The van der Waals surface area contributed by atoms with Gasteiger partial charge in [0, 0.05) is 24.7 Å². The molecule has 0 spiro atoms. The highest BCUT2D eigenvalue weighted by molar-refractivity contribution is 7.20. The SMILES string of the molecule is COc1cc(C(N)=O)ncc1N(C(=O)OCC#Cc1sc2c(NC3CCN(C)CC3F)cccc2c1CC(F)(F)F)C(C)(C)C. The number of halogens is 4. The van der Waals surface area contributed by atoms with Crippen LogP contribution < -0.4 is 20.7 Å². The van der Waals surface area contributed by atoms with Gasteiger partial charge >= 0.3 is 12.3 Å². The van der Waals surface area contributed by atoms with Gasteiger partial charge in [0.2, 0.25) is 0 Å². The fraction of sp³-hybridized carbons (Fsp3) is 0.452. The van der Waals surface area contributed by atoms with Gasteiger partial charge in [0.25, 0.3) is 5.91 Å². The Labute approximate surface area is 262 Å². The molecule has 1 aromatic carbocycles. The number of hydrogen-bond donors (Lipinski definition) is 2. The van der Waals surface area contributed by atoms with Crippen LogP contribution in [0.25, 0.3) is 10.1 Å². The summed E-state index contributed by atoms with van der Waals surface area (Å²) in [5.41, 5.74) is 5.17. The van der Waals surface area contributed by atoms with Gasteiger partial charge in [-0.15, -0.1) is 11.3 Å². The molecule has 2 amide bonds. The summed E-state index contributed by atoms with van der Waals surface area (Å²) in [6, 6.07) is 5.78. The van der Waals surface area contributed by atoms with E-state index in [9.17, 15) is 27.2 Å². The summed E-state index contributed by atoms with van der Waals surface area (Å²) in [5.74, 6) is 4.81. The Kier molecular flexibility index (Phi) is 10.1. The molecule has 0 saturated carbocycles. The molecule has 0 bridgehead atoms. The zero-order chi connectivity index (χ0) is 33.1. The van der Waals surface area contributed by atoms with Gasteiger partial charge in [-0.25, -0.2) is 14.2 Å². The number of hydrogen-bond acceptors (Lipinski definition) is 8. The van der Waals surface area contributed by atoms with Crippen molar-refractivity contribution in [1.82, 2.24) is 9.88 Å². The van der Waals surface area contributed by atoms with Gasteiger partial charge in [-0.3, -0.25) is 9.69 Å². The third kappa shape index (κ3) is 8.15. The summed E-state index contributed by atoms with van der Waals surface area (Å²) in [6.07, 6.45) is -5.84. The quantitative estimate of drug-likeness (QED) is 0.248. The molecular formula is C31H35F4N5O4S. The van der Waals surface area contributed by atoms with Gasteiger partial charge in [-0.1, -0.05) is 24.0 Å². The molecule has 14 heteroatoms. The zero-order valence-electron chi connectivity index (χ0n) is 25.5. The van der Waals surface area contributed by atoms with Crippen LogP contribution in [-0.4, -0.2) is 79.7 Å². The largest absolute Gasteiger partial charge is 0.494 e. The lowest BCUT2D eigenvalue weighted by atomic mass is 10.0. The van der Waals surface area contributed by atoms with E-state index >= 15 is 0 Å². The smallest absolute Gasteiger partial charge is 0.415 e. The number of rotatable bonds is 7. The van der Waals surface area contributed by atoms with E-state index in [0.29, 0.717) is 28.7 Å². The number of methoxy groups -OCH3 is 1. The van der Waals surface area contributed by atoms with Gasteiger partial charge in [0.15, 0.2) is 6.61 Å². The first-order chi connectivity index (χ1) is 21.1. The summed E-state index contributed by atoms with van der Waals surface area (Å²) >= 11 is 1.07. The Bertz CT molecular complexity index is 1630. The fourth-order valence-electron chi connectivity index (χ4n) is 5.09. The van der Waals surface area contributed by atoms with Crippen molar-refractivity contribution < 1.29 is 36.6 Å². The van der Waals surface area contributed by atoms with Crippen LogP contribution in [-0.2, 0) is 11.2 Å². The first-order valence-electron chi connectivity index (χ1n) is 14.1. The van der Waals surface area contributed by atoms with Crippen LogP contribution in [0.2, 0.25) is 0 Å². The van der Waals surface area contributed by atoms with E-state index in [-0.39, 0.29) is 34.1 Å². The number of alkyl halides is 4. The van der Waals surface area contributed by atoms with Crippen molar-refractivity contribution in [2.75, 3.05) is 44.1 Å². The van der Waals surface area contributed by atoms with Crippen molar-refractivity contribution in [3.05, 3.63) is 46.6 Å². The normalized spacial score (nSPS) is 17.4. The molecule has 9 nitrogen and oxygen atoms in total. The van der Waals surface area contributed by atoms with E-state index in [1.54, 1.807) is 39.0 Å². The Morgan fingerprint density at radius 1 is 1.27 bits per heavy atom. The number of primary amides is 1. The number of thiophene rings is 1. The summed E-state index contributed by atoms with van der Waals surface area (Å²) < 4.78 is 67.0. The number of benzene rings is 1. The second kappa shape index (κ2) is 13.5. The maximum Gasteiger partial charge on any atom is 0.415 e. The number of nitrogens with one attached hydrogen (secondary N) is 1. The van der Waals surface area contributed by atoms with Crippen molar-refractivity contribution >= 4 is 44.8 Å². The molecule has 3 heterocycles. The molecule has 1 saturated heterocycles. The standard InChI is InChI=1S/C31H35F4N5O4S/c1-30(2,3)40(24-16-37-23(28(36)41)14-25(24)43-5)29(42)44-13-7-10-26-19(15-31(33,34)35)18-8-6-9-22(27(18)45-26)38-21-11-12-39(4)17-20(21)32/h6,8-9,14,16,20-21,38H,11-13,15,17H2,1-5H3,(H2,36,41). The molecule has 3 N–H and O–H groups in total. The number of anilines is 2. The minimum absolute atomic E-state index is 0.00632. The fourth-order valence-corrected chi connectivity index (χ4v) is 6.26. The Balaban J connectivity index is 1.60. The number of aromatic nitrogens is 1. The number of nitrogens with zero attached hydrogens (tertiary/aromatic N) is 3. The van der Waals surface area contributed by atoms with Crippen LogP contribution in [0.3, 0.4) is 0 Å². The van der Waals surface area contributed by atoms with Gasteiger partial charge < -0.3 is 25.4 Å². The molecule has 0 radical (unpaired) electrons. The Morgan fingerprint density at radius 3 is 2.62 bits per heavy atom. The molecule has 1 aliphatic heterocycles. The zero-order valence-corrected chi connectivity index (χ0v) is 26.4. The average molecular weight is 650 g/mol. The van der Waals surface area contributed by atoms with Gasteiger partial charge in [0.05, 0.1) is 41.0 Å². The number of nitrogens with two attached hydrogens (primary N) is 1. The van der Waals surface area contributed by atoms with Crippen molar-refractivity contribution in [3.63, 3.8) is 0 Å². The summed E-state index contributed by atoms with van der Waals surface area (Å²) in [5, 5.41) is 3.58. The topological polar surface area (TPSA) is 110 Å². The molecule has 1 fully saturated rings. The van der Waals surface area contributed by atoms with Gasteiger partial charge in [0.1, 0.15) is 23.3 Å².